The summed E-state index contributed by atoms with van der Waals surface area (Å²) in [5.74, 6) is -1.10. The van der Waals surface area contributed by atoms with Gasteiger partial charge in [-0.05, 0) is 30.3 Å². The number of pyridine rings is 1. The summed E-state index contributed by atoms with van der Waals surface area (Å²) in [5.41, 5.74) is 0.510. The van der Waals surface area contributed by atoms with Crippen LogP contribution < -0.4 is 10.6 Å². The zero-order valence-corrected chi connectivity index (χ0v) is 16.0. The molecule has 0 atom stereocenters. The fourth-order valence-electron chi connectivity index (χ4n) is 1.98. The number of benzene rings is 1. The fourth-order valence-corrected chi connectivity index (χ4v) is 3.46. The Morgan fingerprint density at radius 3 is 2.67 bits per heavy atom. The largest absolute Gasteiger partial charge is 0.343 e. The van der Waals surface area contributed by atoms with Gasteiger partial charge in [-0.3, -0.25) is 19.4 Å². The van der Waals surface area contributed by atoms with E-state index in [4.69, 9.17) is 11.6 Å². The molecule has 2 amide bonds. The predicted molar refractivity (Wildman–Crippen MR) is 98.6 cm³/mol. The summed E-state index contributed by atoms with van der Waals surface area (Å²) in [7, 11) is -1.66. The summed E-state index contributed by atoms with van der Waals surface area (Å²) < 4.78 is 25.3. The Hall–Kier alpha value is -2.53. The molecule has 1 aromatic carbocycles. The molecule has 11 heteroatoms. The van der Waals surface area contributed by atoms with Crippen molar-refractivity contribution in [2.75, 3.05) is 26.0 Å². The van der Waals surface area contributed by atoms with Crippen LogP contribution in [0.15, 0.2) is 47.6 Å². The Balaban J connectivity index is 2.09. The van der Waals surface area contributed by atoms with Crippen LogP contribution in [0.3, 0.4) is 0 Å². The number of hydroxylamine groups is 1. The first-order chi connectivity index (χ1) is 12.8. The molecule has 0 aliphatic carbocycles. The van der Waals surface area contributed by atoms with Crippen LogP contribution in [0, 0.1) is 0 Å². The highest BCUT2D eigenvalue weighted by atomic mass is 35.5. The van der Waals surface area contributed by atoms with Crippen molar-refractivity contribution in [1.29, 1.82) is 0 Å². The highest BCUT2D eigenvalue weighted by molar-refractivity contribution is 7.89. The molecule has 0 saturated carbocycles. The monoisotopic (exact) mass is 412 g/mol. The first-order valence-corrected chi connectivity index (χ1v) is 9.38. The lowest BCUT2D eigenvalue weighted by Gasteiger charge is -2.15. The molecule has 0 fully saturated rings. The van der Waals surface area contributed by atoms with Crippen LogP contribution in [0.4, 0.5) is 5.69 Å². The van der Waals surface area contributed by atoms with Crippen molar-refractivity contribution in [2.24, 2.45) is 0 Å². The molecule has 27 heavy (non-hydrogen) atoms. The summed E-state index contributed by atoms with van der Waals surface area (Å²) in [4.78, 5) is 32.4. The van der Waals surface area contributed by atoms with Crippen molar-refractivity contribution in [3.8, 4) is 0 Å². The number of hydrogen-bond donors (Lipinski definition) is 2. The summed E-state index contributed by atoms with van der Waals surface area (Å²) in [6.45, 7) is -0.309. The minimum absolute atomic E-state index is 0.0247. The van der Waals surface area contributed by atoms with E-state index in [1.807, 2.05) is 0 Å². The normalized spacial score (nSPS) is 11.3. The van der Waals surface area contributed by atoms with Gasteiger partial charge in [-0.25, -0.2) is 8.42 Å². The smallest absolute Gasteiger partial charge is 0.266 e. The fraction of sp³-hybridized carbons (Fsp3) is 0.188. The summed E-state index contributed by atoms with van der Waals surface area (Å²) >= 11 is 5.94. The second-order valence-electron chi connectivity index (χ2n) is 5.22. The minimum atomic E-state index is -4.03. The third-order valence-electron chi connectivity index (χ3n) is 3.42. The van der Waals surface area contributed by atoms with Crippen molar-refractivity contribution in [3.63, 3.8) is 0 Å². The maximum atomic E-state index is 12.3. The van der Waals surface area contributed by atoms with Gasteiger partial charge in [-0.2, -0.15) is 0 Å². The average Bonchev–Trinajstić information content (AvgIpc) is 2.66. The van der Waals surface area contributed by atoms with Crippen LogP contribution in [0.5, 0.6) is 0 Å². The minimum Gasteiger partial charge on any atom is -0.343 e. The second kappa shape index (κ2) is 8.91. The number of amides is 2. The van der Waals surface area contributed by atoms with E-state index in [1.165, 1.54) is 32.5 Å². The van der Waals surface area contributed by atoms with Gasteiger partial charge in [-0.1, -0.05) is 16.1 Å². The van der Waals surface area contributed by atoms with Crippen molar-refractivity contribution in [1.82, 2.24) is 14.8 Å². The summed E-state index contributed by atoms with van der Waals surface area (Å²) in [6, 6.07) is 7.04. The Labute approximate surface area is 161 Å². The standard InChI is InChI=1S/C16H17ClN4O5S/c1-21(26-2)27(24,25)14-8-11(5-6-13(14)17)16(23)19-10-15(22)20-12-4-3-7-18-9-12/h3-9H,10H2,1-2H3,(H,19,23)(H,20,22). The van der Waals surface area contributed by atoms with E-state index in [2.05, 4.69) is 20.5 Å². The zero-order valence-electron chi connectivity index (χ0n) is 14.5. The number of rotatable bonds is 7. The van der Waals surface area contributed by atoms with Crippen molar-refractivity contribution < 1.29 is 22.8 Å². The molecule has 0 unspecified atom stereocenters. The number of nitrogens with one attached hydrogen (secondary N) is 2. The number of aromatic nitrogens is 1. The van der Waals surface area contributed by atoms with E-state index in [9.17, 15) is 18.0 Å². The van der Waals surface area contributed by atoms with Gasteiger partial charge in [0.2, 0.25) is 5.91 Å². The van der Waals surface area contributed by atoms with Gasteiger partial charge in [0.05, 0.1) is 30.6 Å². The number of anilines is 1. The SMILES string of the molecule is CON(C)S(=O)(=O)c1cc(C(=O)NCC(=O)Nc2cccnc2)ccc1Cl. The molecule has 2 aromatic rings. The Kier molecular flexibility index (Phi) is 6.86. The molecule has 0 spiro atoms. The van der Waals surface area contributed by atoms with E-state index in [0.29, 0.717) is 10.2 Å². The molecule has 144 valence electrons. The predicted octanol–water partition coefficient (Wildman–Crippen LogP) is 1.29. The van der Waals surface area contributed by atoms with Gasteiger partial charge in [0.25, 0.3) is 15.9 Å². The van der Waals surface area contributed by atoms with Crippen LogP contribution in [-0.2, 0) is 19.7 Å². The quantitative estimate of drug-likeness (QED) is 0.661. The second-order valence-corrected chi connectivity index (χ2v) is 7.53. The van der Waals surface area contributed by atoms with Crippen LogP contribution in [0.1, 0.15) is 10.4 Å². The first-order valence-electron chi connectivity index (χ1n) is 7.56. The number of carbonyl (C=O) groups excluding carboxylic acids is 2. The highest BCUT2D eigenvalue weighted by Gasteiger charge is 2.25. The van der Waals surface area contributed by atoms with Gasteiger partial charge in [0, 0.05) is 18.8 Å². The topological polar surface area (TPSA) is 118 Å². The molecule has 0 saturated heterocycles. The third-order valence-corrected chi connectivity index (χ3v) is 5.58. The highest BCUT2D eigenvalue weighted by Crippen LogP contribution is 2.25. The number of halogens is 1. The molecule has 0 radical (unpaired) electrons. The molecule has 1 aromatic heterocycles. The van der Waals surface area contributed by atoms with E-state index in [-0.39, 0.29) is 22.0 Å². The lowest BCUT2D eigenvalue weighted by molar-refractivity contribution is -0.115. The van der Waals surface area contributed by atoms with Crippen molar-refractivity contribution in [2.45, 2.75) is 4.90 Å². The maximum Gasteiger partial charge on any atom is 0.266 e. The Morgan fingerprint density at radius 2 is 2.04 bits per heavy atom. The zero-order chi connectivity index (χ0) is 20.0. The molecule has 1 heterocycles. The van der Waals surface area contributed by atoms with Crippen molar-refractivity contribution >= 4 is 39.1 Å². The molecule has 2 rings (SSSR count). The lowest BCUT2D eigenvalue weighted by Crippen LogP contribution is -2.33. The first kappa shape index (κ1) is 20.8. The van der Waals surface area contributed by atoms with Crippen LogP contribution in [-0.4, -0.2) is 50.4 Å². The average molecular weight is 413 g/mol. The number of sulfonamides is 1. The van der Waals surface area contributed by atoms with Crippen LogP contribution >= 0.6 is 11.6 Å². The van der Waals surface area contributed by atoms with Gasteiger partial charge in [0.1, 0.15) is 4.90 Å². The molecular weight excluding hydrogens is 396 g/mol. The van der Waals surface area contributed by atoms with Crippen LogP contribution in [0.25, 0.3) is 0 Å². The third kappa shape index (κ3) is 5.23. The summed E-state index contributed by atoms with van der Waals surface area (Å²) in [6.07, 6.45) is 3.02. The molecule has 9 nitrogen and oxygen atoms in total. The summed E-state index contributed by atoms with van der Waals surface area (Å²) in [5, 5.41) is 4.90. The molecule has 0 aliphatic rings. The van der Waals surface area contributed by atoms with E-state index in [0.717, 1.165) is 6.07 Å². The van der Waals surface area contributed by atoms with Crippen molar-refractivity contribution in [3.05, 3.63) is 53.3 Å². The number of nitrogens with zero attached hydrogens (tertiary/aromatic N) is 2. The van der Waals surface area contributed by atoms with E-state index >= 15 is 0 Å². The van der Waals surface area contributed by atoms with Crippen LogP contribution in [0.2, 0.25) is 5.02 Å². The molecule has 0 aliphatic heterocycles. The van der Waals surface area contributed by atoms with Gasteiger partial charge in [0.15, 0.2) is 0 Å². The Morgan fingerprint density at radius 1 is 1.30 bits per heavy atom. The van der Waals surface area contributed by atoms with Gasteiger partial charge in [-0.15, -0.1) is 0 Å². The molecular formula is C16H17ClN4O5S. The number of hydrogen-bond acceptors (Lipinski definition) is 6. The maximum absolute atomic E-state index is 12.3. The molecule has 2 N–H and O–H groups in total. The Bertz CT molecular complexity index is 937. The van der Waals surface area contributed by atoms with E-state index in [1.54, 1.807) is 18.3 Å². The van der Waals surface area contributed by atoms with Gasteiger partial charge >= 0.3 is 0 Å². The lowest BCUT2D eigenvalue weighted by atomic mass is 10.2. The van der Waals surface area contributed by atoms with Gasteiger partial charge < -0.3 is 10.6 Å². The molecule has 0 bridgehead atoms. The number of carbonyl (C=O) groups is 2. The van der Waals surface area contributed by atoms with E-state index < -0.39 is 21.8 Å².